The van der Waals surface area contributed by atoms with E-state index < -0.39 is 10.0 Å². The third-order valence-electron chi connectivity index (χ3n) is 4.82. The maximum Gasteiger partial charge on any atom is 0.222 e. The summed E-state index contributed by atoms with van der Waals surface area (Å²) < 4.78 is 25.5. The Balaban J connectivity index is 2.12. The molecule has 2 fully saturated rings. The molecule has 0 aromatic rings. The van der Waals surface area contributed by atoms with Crippen molar-refractivity contribution in [1.29, 1.82) is 0 Å². The van der Waals surface area contributed by atoms with Gasteiger partial charge in [0.25, 0.3) is 0 Å². The summed E-state index contributed by atoms with van der Waals surface area (Å²) in [6, 6.07) is 0. The minimum absolute atomic E-state index is 0.0820. The van der Waals surface area contributed by atoms with Crippen LogP contribution in [0.1, 0.15) is 19.8 Å². The smallest absolute Gasteiger partial charge is 0.222 e. The molecule has 1 amide bonds. The standard InChI is InChI=1S/C13H25N3O3S/c1-3-20(18,19)16-8-11(12(9-16)13(14)17)10-4-6-15(2)7-5-10/h10-12H,3-9H2,1-2H3,(H2,14,17)/t11-,12+/m0/s1. The Morgan fingerprint density at radius 1 is 1.25 bits per heavy atom. The molecule has 0 spiro atoms. The quantitative estimate of drug-likeness (QED) is 0.773. The maximum absolute atomic E-state index is 12.0. The van der Waals surface area contributed by atoms with Gasteiger partial charge in [0, 0.05) is 13.1 Å². The van der Waals surface area contributed by atoms with E-state index in [0.717, 1.165) is 25.9 Å². The predicted octanol–water partition coefficient (Wildman–Crippen LogP) is -0.289. The van der Waals surface area contributed by atoms with Crippen LogP contribution in [0.25, 0.3) is 0 Å². The van der Waals surface area contributed by atoms with Gasteiger partial charge in [-0.1, -0.05) is 0 Å². The van der Waals surface area contributed by atoms with E-state index in [9.17, 15) is 13.2 Å². The van der Waals surface area contributed by atoms with Gasteiger partial charge in [-0.25, -0.2) is 12.7 Å². The molecule has 0 aliphatic carbocycles. The molecular weight excluding hydrogens is 278 g/mol. The van der Waals surface area contributed by atoms with Crippen LogP contribution >= 0.6 is 0 Å². The summed E-state index contributed by atoms with van der Waals surface area (Å²) in [7, 11) is -1.14. The number of sulfonamides is 1. The second-order valence-electron chi connectivity index (χ2n) is 6.03. The van der Waals surface area contributed by atoms with Gasteiger partial charge in [-0.3, -0.25) is 4.79 Å². The molecule has 0 aromatic heterocycles. The number of nitrogens with two attached hydrogens (primary N) is 1. The summed E-state index contributed by atoms with van der Waals surface area (Å²) in [5.41, 5.74) is 5.50. The molecule has 0 radical (unpaired) electrons. The topological polar surface area (TPSA) is 83.7 Å². The molecule has 20 heavy (non-hydrogen) atoms. The highest BCUT2D eigenvalue weighted by atomic mass is 32.2. The molecule has 2 saturated heterocycles. The van der Waals surface area contributed by atoms with Crippen molar-refractivity contribution in [1.82, 2.24) is 9.21 Å². The number of hydrogen-bond acceptors (Lipinski definition) is 4. The zero-order chi connectivity index (χ0) is 14.9. The first-order valence-electron chi connectivity index (χ1n) is 7.30. The average molecular weight is 303 g/mol. The minimum Gasteiger partial charge on any atom is -0.369 e. The summed E-state index contributed by atoms with van der Waals surface area (Å²) in [4.78, 5) is 13.9. The lowest BCUT2D eigenvalue weighted by atomic mass is 9.78. The van der Waals surface area contributed by atoms with E-state index in [2.05, 4.69) is 11.9 Å². The lowest BCUT2D eigenvalue weighted by Crippen LogP contribution is -2.38. The Morgan fingerprint density at radius 2 is 1.85 bits per heavy atom. The second kappa shape index (κ2) is 5.99. The van der Waals surface area contributed by atoms with Gasteiger partial charge in [0.2, 0.25) is 15.9 Å². The first-order chi connectivity index (χ1) is 9.35. The van der Waals surface area contributed by atoms with Crippen LogP contribution in [-0.4, -0.2) is 62.5 Å². The van der Waals surface area contributed by atoms with Gasteiger partial charge in [-0.05, 0) is 51.7 Å². The average Bonchev–Trinajstić information content (AvgIpc) is 2.85. The molecule has 0 aromatic carbocycles. The van der Waals surface area contributed by atoms with E-state index in [4.69, 9.17) is 5.73 Å². The van der Waals surface area contributed by atoms with Gasteiger partial charge < -0.3 is 10.6 Å². The van der Waals surface area contributed by atoms with Crippen LogP contribution in [0, 0.1) is 17.8 Å². The Hall–Kier alpha value is -0.660. The van der Waals surface area contributed by atoms with Crippen LogP contribution in [0.5, 0.6) is 0 Å². The summed E-state index contributed by atoms with van der Waals surface area (Å²) in [6.45, 7) is 4.37. The molecule has 2 rings (SSSR count). The number of nitrogens with zero attached hydrogens (tertiary/aromatic N) is 2. The van der Waals surface area contributed by atoms with Gasteiger partial charge in [0.05, 0.1) is 11.7 Å². The predicted molar refractivity (Wildman–Crippen MR) is 77.4 cm³/mol. The van der Waals surface area contributed by atoms with Crippen molar-refractivity contribution < 1.29 is 13.2 Å². The van der Waals surface area contributed by atoms with Gasteiger partial charge in [-0.2, -0.15) is 0 Å². The Labute approximate surface area is 121 Å². The highest BCUT2D eigenvalue weighted by Gasteiger charge is 2.44. The van der Waals surface area contributed by atoms with Crippen LogP contribution in [-0.2, 0) is 14.8 Å². The van der Waals surface area contributed by atoms with Gasteiger partial charge in [0.1, 0.15) is 0 Å². The molecule has 2 aliphatic rings. The number of piperidine rings is 1. The molecule has 0 unspecified atom stereocenters. The Kier molecular flexibility index (Phi) is 4.71. The zero-order valence-electron chi connectivity index (χ0n) is 12.3. The third-order valence-corrected chi connectivity index (χ3v) is 6.64. The molecule has 2 aliphatic heterocycles. The van der Waals surface area contributed by atoms with E-state index in [1.807, 2.05) is 0 Å². The molecule has 2 heterocycles. The summed E-state index contributed by atoms with van der Waals surface area (Å²) >= 11 is 0. The van der Waals surface area contributed by atoms with E-state index in [0.29, 0.717) is 12.5 Å². The maximum atomic E-state index is 12.0. The number of carbonyl (C=O) groups excluding carboxylic acids is 1. The van der Waals surface area contributed by atoms with Crippen molar-refractivity contribution >= 4 is 15.9 Å². The largest absolute Gasteiger partial charge is 0.369 e. The number of carbonyl (C=O) groups is 1. The molecule has 2 N–H and O–H groups in total. The fourth-order valence-electron chi connectivity index (χ4n) is 3.44. The Morgan fingerprint density at radius 3 is 2.35 bits per heavy atom. The van der Waals surface area contributed by atoms with E-state index in [-0.39, 0.29) is 30.0 Å². The molecule has 2 atom stereocenters. The van der Waals surface area contributed by atoms with Crippen LogP contribution in [0.15, 0.2) is 0 Å². The van der Waals surface area contributed by atoms with Crippen LogP contribution in [0.3, 0.4) is 0 Å². The first kappa shape index (κ1) is 15.7. The van der Waals surface area contributed by atoms with Crippen molar-refractivity contribution in [3.8, 4) is 0 Å². The monoisotopic (exact) mass is 303 g/mol. The number of rotatable bonds is 4. The molecule has 0 bridgehead atoms. The van der Waals surface area contributed by atoms with Crippen molar-refractivity contribution in [2.24, 2.45) is 23.5 Å². The molecular formula is C13H25N3O3S. The van der Waals surface area contributed by atoms with Gasteiger partial charge >= 0.3 is 0 Å². The van der Waals surface area contributed by atoms with Gasteiger partial charge in [-0.15, -0.1) is 0 Å². The zero-order valence-corrected chi connectivity index (χ0v) is 13.1. The van der Waals surface area contributed by atoms with Crippen molar-refractivity contribution in [2.75, 3.05) is 39.0 Å². The SMILES string of the molecule is CCS(=O)(=O)N1C[C@@H](C(N)=O)[C@H](C2CCN(C)CC2)C1. The number of hydrogen-bond donors (Lipinski definition) is 1. The van der Waals surface area contributed by atoms with E-state index in [1.54, 1.807) is 6.92 Å². The molecule has 0 saturated carbocycles. The van der Waals surface area contributed by atoms with Crippen LogP contribution in [0.4, 0.5) is 0 Å². The third kappa shape index (κ3) is 3.15. The normalized spacial score (nSPS) is 30.7. The highest BCUT2D eigenvalue weighted by Crippen LogP contribution is 2.36. The summed E-state index contributed by atoms with van der Waals surface area (Å²) in [5, 5.41) is 0. The highest BCUT2D eigenvalue weighted by molar-refractivity contribution is 7.89. The number of likely N-dealkylation sites (tertiary alicyclic amines) is 1. The molecule has 116 valence electrons. The van der Waals surface area contributed by atoms with E-state index >= 15 is 0 Å². The molecule has 6 nitrogen and oxygen atoms in total. The fraction of sp³-hybridized carbons (Fsp3) is 0.923. The second-order valence-corrected chi connectivity index (χ2v) is 8.29. The van der Waals surface area contributed by atoms with Crippen molar-refractivity contribution in [3.05, 3.63) is 0 Å². The summed E-state index contributed by atoms with van der Waals surface area (Å²) in [5.74, 6) is -0.116. The lowest BCUT2D eigenvalue weighted by Gasteiger charge is -2.34. The molecule has 7 heteroatoms. The number of primary amides is 1. The van der Waals surface area contributed by atoms with Crippen LogP contribution in [0.2, 0.25) is 0 Å². The fourth-order valence-corrected chi connectivity index (χ4v) is 4.59. The van der Waals surface area contributed by atoms with Crippen LogP contribution < -0.4 is 5.73 Å². The lowest BCUT2D eigenvalue weighted by molar-refractivity contribution is -0.123. The van der Waals surface area contributed by atoms with Crippen molar-refractivity contribution in [2.45, 2.75) is 19.8 Å². The Bertz CT molecular complexity index is 457. The van der Waals surface area contributed by atoms with Gasteiger partial charge in [0.15, 0.2) is 0 Å². The first-order valence-corrected chi connectivity index (χ1v) is 8.91. The minimum atomic E-state index is -3.23. The van der Waals surface area contributed by atoms with Crippen molar-refractivity contribution in [3.63, 3.8) is 0 Å². The van der Waals surface area contributed by atoms with E-state index in [1.165, 1.54) is 4.31 Å². The summed E-state index contributed by atoms with van der Waals surface area (Å²) in [6.07, 6.45) is 2.04. The number of amides is 1.